The third-order valence-electron chi connectivity index (χ3n) is 4.50. The maximum absolute atomic E-state index is 12.9. The zero-order valence-corrected chi connectivity index (χ0v) is 19.3. The molecule has 1 amide bonds. The van der Waals surface area contributed by atoms with Crippen molar-refractivity contribution < 1.29 is 21.6 Å². The van der Waals surface area contributed by atoms with Crippen molar-refractivity contribution in [2.75, 3.05) is 21.0 Å². The molecule has 0 aliphatic heterocycles. The van der Waals surface area contributed by atoms with Crippen LogP contribution in [0.1, 0.15) is 21.5 Å². The van der Waals surface area contributed by atoms with Crippen molar-refractivity contribution in [1.82, 2.24) is 0 Å². The highest BCUT2D eigenvalue weighted by molar-refractivity contribution is 7.92. The summed E-state index contributed by atoms with van der Waals surface area (Å²) in [5.74, 6) is -0.571. The summed E-state index contributed by atoms with van der Waals surface area (Å²) < 4.78 is 53.7. The van der Waals surface area contributed by atoms with E-state index < -0.39 is 26.0 Å². The van der Waals surface area contributed by atoms with E-state index in [1.54, 1.807) is 49.4 Å². The molecule has 0 radical (unpaired) electrons. The standard InChI is InChI=1S/C22H23N3O5S2/c1-15-7-6-8-17(13-15)24-32(29,30)18-12-11-16(2)19(14-18)22(26)23-20-9-4-5-10-21(20)25-31(3,27)28/h4-14,24-25H,1-3H3,(H,23,26). The molecule has 3 rings (SSSR count). The topological polar surface area (TPSA) is 121 Å². The van der Waals surface area contributed by atoms with Crippen LogP contribution in [0, 0.1) is 13.8 Å². The fraction of sp³-hybridized carbons (Fsp3) is 0.136. The van der Waals surface area contributed by atoms with Crippen molar-refractivity contribution in [3.63, 3.8) is 0 Å². The van der Waals surface area contributed by atoms with Crippen molar-refractivity contribution in [2.45, 2.75) is 18.7 Å². The Morgan fingerprint density at radius 3 is 2.12 bits per heavy atom. The van der Waals surface area contributed by atoms with E-state index >= 15 is 0 Å². The number of rotatable bonds is 7. The van der Waals surface area contributed by atoms with E-state index in [0.29, 0.717) is 11.3 Å². The Kier molecular flexibility index (Phi) is 6.56. The third kappa shape index (κ3) is 5.86. The second-order valence-electron chi connectivity index (χ2n) is 7.33. The average molecular weight is 474 g/mol. The monoisotopic (exact) mass is 473 g/mol. The summed E-state index contributed by atoms with van der Waals surface area (Å²) >= 11 is 0. The second-order valence-corrected chi connectivity index (χ2v) is 10.8. The number of benzene rings is 3. The molecule has 8 nitrogen and oxygen atoms in total. The van der Waals surface area contributed by atoms with Gasteiger partial charge in [0.1, 0.15) is 0 Å². The molecule has 0 spiro atoms. The van der Waals surface area contributed by atoms with Crippen LogP contribution in [0.3, 0.4) is 0 Å². The van der Waals surface area contributed by atoms with Crippen molar-refractivity contribution in [2.24, 2.45) is 0 Å². The minimum atomic E-state index is -3.93. The van der Waals surface area contributed by atoms with Crippen molar-refractivity contribution >= 4 is 43.0 Å². The van der Waals surface area contributed by atoms with Crippen LogP contribution < -0.4 is 14.8 Å². The minimum Gasteiger partial charge on any atom is -0.320 e. The molecule has 0 aromatic heterocycles. The van der Waals surface area contributed by atoms with Crippen LogP contribution in [0.25, 0.3) is 0 Å². The number of carbonyl (C=O) groups is 1. The van der Waals surface area contributed by atoms with Crippen LogP contribution in [0.2, 0.25) is 0 Å². The first kappa shape index (κ1) is 23.3. The Bertz CT molecular complexity index is 1380. The zero-order valence-electron chi connectivity index (χ0n) is 17.7. The largest absolute Gasteiger partial charge is 0.320 e. The van der Waals surface area contributed by atoms with Gasteiger partial charge in [-0.15, -0.1) is 0 Å². The highest BCUT2D eigenvalue weighted by Crippen LogP contribution is 2.25. The molecule has 168 valence electrons. The molecule has 0 saturated heterocycles. The number of amides is 1. The van der Waals surface area contributed by atoms with E-state index in [-0.39, 0.29) is 21.8 Å². The lowest BCUT2D eigenvalue weighted by atomic mass is 10.1. The third-order valence-corrected chi connectivity index (χ3v) is 6.47. The van der Waals surface area contributed by atoms with E-state index in [4.69, 9.17) is 0 Å². The van der Waals surface area contributed by atoms with Gasteiger partial charge in [-0.2, -0.15) is 0 Å². The van der Waals surface area contributed by atoms with Crippen LogP contribution in [0.4, 0.5) is 17.1 Å². The summed E-state index contributed by atoms with van der Waals surface area (Å²) in [7, 11) is -7.49. The molecule has 0 aliphatic rings. The molecule has 0 atom stereocenters. The number of hydrogen-bond donors (Lipinski definition) is 3. The normalized spacial score (nSPS) is 11.6. The van der Waals surface area contributed by atoms with E-state index in [9.17, 15) is 21.6 Å². The van der Waals surface area contributed by atoms with Gasteiger partial charge in [-0.05, 0) is 61.4 Å². The quantitative estimate of drug-likeness (QED) is 0.483. The van der Waals surface area contributed by atoms with Gasteiger partial charge >= 0.3 is 0 Å². The Hall–Kier alpha value is -3.37. The average Bonchev–Trinajstić information content (AvgIpc) is 2.68. The molecule has 0 fully saturated rings. The van der Waals surface area contributed by atoms with Gasteiger partial charge in [-0.1, -0.05) is 30.3 Å². The number of para-hydroxylation sites is 2. The fourth-order valence-electron chi connectivity index (χ4n) is 3.01. The van der Waals surface area contributed by atoms with E-state index in [0.717, 1.165) is 11.8 Å². The molecular formula is C22H23N3O5S2. The van der Waals surface area contributed by atoms with Gasteiger partial charge in [-0.25, -0.2) is 16.8 Å². The highest BCUT2D eigenvalue weighted by atomic mass is 32.2. The SMILES string of the molecule is Cc1cccc(NS(=O)(=O)c2ccc(C)c(C(=O)Nc3ccccc3NS(C)(=O)=O)c2)c1. The number of nitrogens with one attached hydrogen (secondary N) is 3. The van der Waals surface area contributed by atoms with Gasteiger partial charge in [0.05, 0.1) is 22.5 Å². The maximum atomic E-state index is 12.9. The molecule has 0 heterocycles. The maximum Gasteiger partial charge on any atom is 0.261 e. The van der Waals surface area contributed by atoms with Crippen LogP contribution in [-0.4, -0.2) is 29.0 Å². The zero-order chi connectivity index (χ0) is 23.5. The summed E-state index contributed by atoms with van der Waals surface area (Å²) in [4.78, 5) is 12.9. The molecule has 0 aliphatic carbocycles. The molecule has 32 heavy (non-hydrogen) atoms. The molecule has 0 unspecified atom stereocenters. The molecule has 3 aromatic rings. The first-order valence-corrected chi connectivity index (χ1v) is 12.9. The Morgan fingerprint density at radius 2 is 1.47 bits per heavy atom. The molecule has 0 saturated carbocycles. The van der Waals surface area contributed by atoms with Gasteiger partial charge in [0.25, 0.3) is 15.9 Å². The number of sulfonamides is 2. The number of hydrogen-bond acceptors (Lipinski definition) is 5. The Balaban J connectivity index is 1.90. The van der Waals surface area contributed by atoms with Crippen molar-refractivity contribution in [3.05, 3.63) is 83.4 Å². The van der Waals surface area contributed by atoms with E-state index in [1.807, 2.05) is 13.0 Å². The summed E-state index contributed by atoms with van der Waals surface area (Å²) in [5.41, 5.74) is 2.46. The smallest absolute Gasteiger partial charge is 0.261 e. The minimum absolute atomic E-state index is 0.0719. The summed E-state index contributed by atoms with van der Waals surface area (Å²) in [6.45, 7) is 3.53. The van der Waals surface area contributed by atoms with E-state index in [2.05, 4.69) is 14.8 Å². The van der Waals surface area contributed by atoms with Gasteiger partial charge in [-0.3, -0.25) is 14.2 Å². The number of anilines is 3. The number of aryl methyl sites for hydroxylation is 2. The highest BCUT2D eigenvalue weighted by Gasteiger charge is 2.19. The lowest BCUT2D eigenvalue weighted by molar-refractivity contribution is 0.102. The van der Waals surface area contributed by atoms with Gasteiger partial charge < -0.3 is 5.32 Å². The van der Waals surface area contributed by atoms with Crippen LogP contribution in [0.15, 0.2) is 71.6 Å². The molecule has 3 N–H and O–H groups in total. The Morgan fingerprint density at radius 1 is 0.781 bits per heavy atom. The summed E-state index contributed by atoms with van der Waals surface area (Å²) in [6, 6.07) is 17.5. The molecule has 10 heteroatoms. The second kappa shape index (κ2) is 9.01. The first-order valence-electron chi connectivity index (χ1n) is 9.53. The van der Waals surface area contributed by atoms with E-state index in [1.165, 1.54) is 18.2 Å². The fourth-order valence-corrected chi connectivity index (χ4v) is 4.66. The predicted octanol–water partition coefficient (Wildman–Crippen LogP) is 3.73. The summed E-state index contributed by atoms with van der Waals surface area (Å²) in [5, 5.41) is 2.64. The molecular weight excluding hydrogens is 450 g/mol. The van der Waals surface area contributed by atoms with Gasteiger partial charge in [0.15, 0.2) is 0 Å². The van der Waals surface area contributed by atoms with Gasteiger partial charge in [0.2, 0.25) is 10.0 Å². The molecule has 3 aromatic carbocycles. The van der Waals surface area contributed by atoms with Crippen molar-refractivity contribution in [1.29, 1.82) is 0 Å². The first-order chi connectivity index (χ1) is 14.9. The summed E-state index contributed by atoms with van der Waals surface area (Å²) in [6.07, 6.45) is 1.01. The number of carbonyl (C=O) groups excluding carboxylic acids is 1. The molecule has 0 bridgehead atoms. The van der Waals surface area contributed by atoms with Crippen molar-refractivity contribution in [3.8, 4) is 0 Å². The van der Waals surface area contributed by atoms with Crippen LogP contribution >= 0.6 is 0 Å². The van der Waals surface area contributed by atoms with Gasteiger partial charge in [0, 0.05) is 11.3 Å². The predicted molar refractivity (Wildman–Crippen MR) is 126 cm³/mol. The van der Waals surface area contributed by atoms with Crippen LogP contribution in [-0.2, 0) is 20.0 Å². The lowest BCUT2D eigenvalue weighted by Crippen LogP contribution is -2.18. The Labute approximate surface area is 187 Å². The van der Waals surface area contributed by atoms with Crippen LogP contribution in [0.5, 0.6) is 0 Å². The lowest BCUT2D eigenvalue weighted by Gasteiger charge is -2.14.